The maximum Gasteiger partial charge on any atom is 0.224 e. The van der Waals surface area contributed by atoms with Crippen molar-refractivity contribution in [1.82, 2.24) is 20.5 Å². The third-order valence-corrected chi connectivity index (χ3v) is 5.01. The number of piperazine rings is 1. The Kier molecular flexibility index (Phi) is 10.4. The van der Waals surface area contributed by atoms with E-state index in [0.29, 0.717) is 18.9 Å². The predicted molar refractivity (Wildman–Crippen MR) is 133 cm³/mol. The van der Waals surface area contributed by atoms with Crippen molar-refractivity contribution in [3.8, 4) is 0 Å². The van der Waals surface area contributed by atoms with Gasteiger partial charge >= 0.3 is 0 Å². The van der Waals surface area contributed by atoms with Crippen LogP contribution in [0.2, 0.25) is 0 Å². The Labute approximate surface area is 196 Å². The summed E-state index contributed by atoms with van der Waals surface area (Å²) in [5.41, 5.74) is 2.27. The molecule has 7 nitrogen and oxygen atoms in total. The molecule has 30 heavy (non-hydrogen) atoms. The van der Waals surface area contributed by atoms with Crippen LogP contribution in [0.4, 0.5) is 5.69 Å². The van der Waals surface area contributed by atoms with Crippen molar-refractivity contribution in [2.75, 3.05) is 51.2 Å². The van der Waals surface area contributed by atoms with Crippen molar-refractivity contribution < 1.29 is 4.79 Å². The molecule has 2 aromatic rings. The quantitative estimate of drug-likeness (QED) is 0.332. The molecule has 3 rings (SSSR count). The van der Waals surface area contributed by atoms with Crippen LogP contribution in [-0.2, 0) is 11.2 Å². The van der Waals surface area contributed by atoms with E-state index in [-0.39, 0.29) is 29.9 Å². The lowest BCUT2D eigenvalue weighted by Crippen LogP contribution is -2.49. The lowest BCUT2D eigenvalue weighted by molar-refractivity contribution is -0.131. The molecule has 1 aliphatic rings. The van der Waals surface area contributed by atoms with E-state index in [1.54, 1.807) is 13.2 Å². The largest absolute Gasteiger partial charge is 0.368 e. The highest BCUT2D eigenvalue weighted by Gasteiger charge is 2.20. The van der Waals surface area contributed by atoms with Gasteiger partial charge in [-0.3, -0.25) is 14.8 Å². The highest BCUT2D eigenvalue weighted by atomic mass is 127. The number of hydrogen-bond donors (Lipinski definition) is 2. The van der Waals surface area contributed by atoms with Crippen molar-refractivity contribution >= 4 is 41.5 Å². The Bertz CT molecular complexity index is 779. The summed E-state index contributed by atoms with van der Waals surface area (Å²) in [5, 5.41) is 6.48. The van der Waals surface area contributed by atoms with Gasteiger partial charge in [-0.05, 0) is 24.3 Å². The van der Waals surface area contributed by atoms with E-state index in [1.165, 1.54) is 5.69 Å². The van der Waals surface area contributed by atoms with E-state index in [9.17, 15) is 4.79 Å². The van der Waals surface area contributed by atoms with Crippen LogP contribution >= 0.6 is 24.0 Å². The number of carbonyl (C=O) groups is 1. The van der Waals surface area contributed by atoms with Gasteiger partial charge in [0.2, 0.25) is 5.91 Å². The molecule has 2 N–H and O–H groups in total. The van der Waals surface area contributed by atoms with Crippen LogP contribution in [0.15, 0.2) is 59.7 Å². The number of carbonyl (C=O) groups excluding carboxylic acids is 1. The van der Waals surface area contributed by atoms with Gasteiger partial charge in [0.25, 0.3) is 0 Å². The molecule has 1 aliphatic heterocycles. The minimum atomic E-state index is 0. The first-order valence-electron chi connectivity index (χ1n) is 10.2. The molecule has 162 valence electrons. The topological polar surface area (TPSA) is 72.9 Å². The lowest BCUT2D eigenvalue weighted by Gasteiger charge is -2.36. The summed E-state index contributed by atoms with van der Waals surface area (Å²) >= 11 is 0. The van der Waals surface area contributed by atoms with Gasteiger partial charge < -0.3 is 20.4 Å². The Balaban J connectivity index is 0.00000320. The van der Waals surface area contributed by atoms with Crippen LogP contribution in [-0.4, -0.2) is 68.1 Å². The summed E-state index contributed by atoms with van der Waals surface area (Å²) in [6, 6.07) is 16.3. The number of rotatable bonds is 7. The molecule has 0 bridgehead atoms. The van der Waals surface area contributed by atoms with E-state index in [4.69, 9.17) is 0 Å². The molecule has 0 atom stereocenters. The average molecular weight is 522 g/mol. The first-order valence-corrected chi connectivity index (χ1v) is 10.2. The summed E-state index contributed by atoms with van der Waals surface area (Å²) in [6.45, 7) is 4.60. The Morgan fingerprint density at radius 2 is 1.70 bits per heavy atom. The number of nitrogens with one attached hydrogen (secondary N) is 2. The van der Waals surface area contributed by atoms with E-state index >= 15 is 0 Å². The normalized spacial score (nSPS) is 14.1. The molecule has 0 radical (unpaired) electrons. The molecular formula is C22H31IN6O. The smallest absolute Gasteiger partial charge is 0.224 e. The monoisotopic (exact) mass is 522 g/mol. The van der Waals surface area contributed by atoms with Crippen molar-refractivity contribution in [3.05, 3.63) is 60.4 Å². The van der Waals surface area contributed by atoms with Crippen LogP contribution in [0.1, 0.15) is 12.1 Å². The fraction of sp³-hybridized carbons (Fsp3) is 0.409. The fourth-order valence-corrected chi connectivity index (χ4v) is 3.37. The SMILES string of the molecule is CN=C(NCCC(=O)N1CCN(c2ccccc2)CC1)NCCc1ccccn1.I. The van der Waals surface area contributed by atoms with Crippen LogP contribution in [0.5, 0.6) is 0 Å². The van der Waals surface area contributed by atoms with Crippen molar-refractivity contribution in [1.29, 1.82) is 0 Å². The number of anilines is 1. The van der Waals surface area contributed by atoms with Gasteiger partial charge in [0, 0.05) is 76.7 Å². The van der Waals surface area contributed by atoms with Crippen molar-refractivity contribution in [2.24, 2.45) is 4.99 Å². The highest BCUT2D eigenvalue weighted by molar-refractivity contribution is 14.0. The molecule has 0 aliphatic carbocycles. The minimum Gasteiger partial charge on any atom is -0.368 e. The first kappa shape index (κ1) is 23.9. The molecule has 1 amide bonds. The van der Waals surface area contributed by atoms with Gasteiger partial charge in [-0.2, -0.15) is 0 Å². The number of guanidine groups is 1. The van der Waals surface area contributed by atoms with E-state index in [2.05, 4.69) is 49.8 Å². The van der Waals surface area contributed by atoms with Crippen molar-refractivity contribution in [2.45, 2.75) is 12.8 Å². The standard InChI is InChI=1S/C22H30N6O.HI/c1-23-22(25-13-10-19-7-5-6-12-24-19)26-14-11-21(29)28-17-15-27(16-18-28)20-8-3-2-4-9-20;/h2-9,12H,10-11,13-18H2,1H3,(H2,23,25,26);1H. The Morgan fingerprint density at radius 3 is 2.37 bits per heavy atom. The second-order valence-corrected chi connectivity index (χ2v) is 6.95. The van der Waals surface area contributed by atoms with E-state index in [1.807, 2.05) is 29.2 Å². The van der Waals surface area contributed by atoms with Gasteiger partial charge in [-0.15, -0.1) is 24.0 Å². The lowest BCUT2D eigenvalue weighted by atomic mass is 10.2. The number of hydrogen-bond acceptors (Lipinski definition) is 4. The van der Waals surface area contributed by atoms with E-state index < -0.39 is 0 Å². The number of para-hydroxylation sites is 1. The number of aliphatic imine (C=N–C) groups is 1. The van der Waals surface area contributed by atoms with Crippen LogP contribution in [0.3, 0.4) is 0 Å². The zero-order valence-electron chi connectivity index (χ0n) is 17.5. The summed E-state index contributed by atoms with van der Waals surface area (Å²) < 4.78 is 0. The second kappa shape index (κ2) is 13.0. The molecule has 0 unspecified atom stereocenters. The average Bonchev–Trinajstić information content (AvgIpc) is 2.79. The van der Waals surface area contributed by atoms with Crippen molar-refractivity contribution in [3.63, 3.8) is 0 Å². The molecule has 1 saturated heterocycles. The second-order valence-electron chi connectivity index (χ2n) is 6.95. The maximum atomic E-state index is 12.5. The summed E-state index contributed by atoms with van der Waals surface area (Å²) in [7, 11) is 1.74. The molecule has 8 heteroatoms. The summed E-state index contributed by atoms with van der Waals surface area (Å²) in [6.07, 6.45) is 3.09. The number of benzene rings is 1. The number of halogens is 1. The van der Waals surface area contributed by atoms with Gasteiger partial charge in [-0.25, -0.2) is 0 Å². The molecule has 0 saturated carbocycles. The van der Waals surface area contributed by atoms with Gasteiger partial charge in [0.1, 0.15) is 0 Å². The summed E-state index contributed by atoms with van der Waals surface area (Å²) in [5.74, 6) is 0.900. The molecule has 0 spiro atoms. The maximum absolute atomic E-state index is 12.5. The zero-order valence-corrected chi connectivity index (χ0v) is 19.8. The highest BCUT2D eigenvalue weighted by Crippen LogP contribution is 2.15. The molecule has 1 fully saturated rings. The third-order valence-electron chi connectivity index (χ3n) is 5.01. The van der Waals surface area contributed by atoms with Gasteiger partial charge in [0.05, 0.1) is 0 Å². The van der Waals surface area contributed by atoms with Crippen LogP contribution in [0.25, 0.3) is 0 Å². The molecule has 2 heterocycles. The fourth-order valence-electron chi connectivity index (χ4n) is 3.37. The van der Waals surface area contributed by atoms with Crippen LogP contribution < -0.4 is 15.5 Å². The Hall–Kier alpha value is -2.36. The molecule has 1 aromatic heterocycles. The number of nitrogens with zero attached hydrogens (tertiary/aromatic N) is 4. The van der Waals surface area contributed by atoms with E-state index in [0.717, 1.165) is 44.8 Å². The van der Waals surface area contributed by atoms with Crippen LogP contribution in [0, 0.1) is 0 Å². The third kappa shape index (κ3) is 7.47. The van der Waals surface area contributed by atoms with Gasteiger partial charge in [0.15, 0.2) is 5.96 Å². The summed E-state index contributed by atoms with van der Waals surface area (Å²) in [4.78, 5) is 25.3. The predicted octanol–water partition coefficient (Wildman–Crippen LogP) is 2.15. The number of amides is 1. The Morgan fingerprint density at radius 1 is 1.00 bits per heavy atom. The van der Waals surface area contributed by atoms with Gasteiger partial charge in [-0.1, -0.05) is 24.3 Å². The minimum absolute atomic E-state index is 0. The number of pyridine rings is 1. The molecular weight excluding hydrogens is 491 g/mol. The first-order chi connectivity index (χ1) is 14.3. The zero-order chi connectivity index (χ0) is 20.3. The molecule has 1 aromatic carbocycles. The number of aromatic nitrogens is 1.